The van der Waals surface area contributed by atoms with Crippen molar-refractivity contribution in [2.75, 3.05) is 0 Å². The number of ether oxygens (including phenoxy) is 1. The van der Waals surface area contributed by atoms with Gasteiger partial charge in [0, 0.05) is 0 Å². The van der Waals surface area contributed by atoms with Gasteiger partial charge in [0.2, 0.25) is 0 Å². The number of carbonyl (C=O) groups is 1. The highest BCUT2D eigenvalue weighted by Gasteiger charge is 2.17. The van der Waals surface area contributed by atoms with E-state index in [0.717, 1.165) is 0 Å². The highest BCUT2D eigenvalue weighted by molar-refractivity contribution is 5.70. The molecular weight excluding hydrogens is 146 g/mol. The minimum absolute atomic E-state index is 0.155. The van der Waals surface area contributed by atoms with E-state index in [4.69, 9.17) is 15.6 Å². The molecule has 0 amide bonds. The van der Waals surface area contributed by atoms with Gasteiger partial charge in [-0.25, -0.2) is 0 Å². The minimum atomic E-state index is -1.12. The number of rotatable bonds is 2. The van der Waals surface area contributed by atoms with Crippen LogP contribution in [0.25, 0.3) is 0 Å². The third-order valence-electron chi connectivity index (χ3n) is 0.796. The molecule has 0 aliphatic heterocycles. The lowest BCUT2D eigenvalue weighted by Crippen LogP contribution is -2.29. The second-order valence-electron chi connectivity index (χ2n) is 3.36. The summed E-state index contributed by atoms with van der Waals surface area (Å²) >= 11 is 0. The van der Waals surface area contributed by atoms with E-state index in [1.807, 2.05) is 0 Å². The monoisotopic (exact) mass is 161 g/mol. The van der Waals surface area contributed by atoms with Crippen LogP contribution in [-0.2, 0) is 9.53 Å². The largest absolute Gasteiger partial charge is 0.460 e. The van der Waals surface area contributed by atoms with Crippen LogP contribution in [0.2, 0.25) is 0 Å². The van der Waals surface area contributed by atoms with Crippen molar-refractivity contribution in [3.63, 3.8) is 0 Å². The highest BCUT2D eigenvalue weighted by atomic mass is 16.6. The molecule has 1 unspecified atom stereocenters. The van der Waals surface area contributed by atoms with Crippen molar-refractivity contribution in [1.29, 1.82) is 0 Å². The summed E-state index contributed by atoms with van der Waals surface area (Å²) in [6.45, 7) is 5.27. The molecule has 3 N–H and O–H groups in total. The zero-order valence-corrected chi connectivity index (χ0v) is 7.13. The van der Waals surface area contributed by atoms with Gasteiger partial charge >= 0.3 is 5.97 Å². The fourth-order valence-electron chi connectivity index (χ4n) is 0.554. The summed E-state index contributed by atoms with van der Waals surface area (Å²) in [4.78, 5) is 10.8. The molecule has 0 aliphatic rings. The number of aliphatic hydroxyl groups is 1. The third kappa shape index (κ3) is 7.29. The highest BCUT2D eigenvalue weighted by Crippen LogP contribution is 2.08. The van der Waals surface area contributed by atoms with E-state index in [1.165, 1.54) is 0 Å². The first-order valence-electron chi connectivity index (χ1n) is 3.47. The van der Waals surface area contributed by atoms with Crippen molar-refractivity contribution in [2.45, 2.75) is 39.0 Å². The lowest BCUT2D eigenvalue weighted by Gasteiger charge is -2.19. The summed E-state index contributed by atoms with van der Waals surface area (Å²) in [7, 11) is 0. The molecule has 0 heterocycles. The van der Waals surface area contributed by atoms with Crippen molar-refractivity contribution in [3.8, 4) is 0 Å². The maximum atomic E-state index is 10.8. The first-order chi connectivity index (χ1) is 4.81. The number of hydrogen-bond acceptors (Lipinski definition) is 4. The zero-order chi connectivity index (χ0) is 9.07. The van der Waals surface area contributed by atoms with Crippen molar-refractivity contribution in [3.05, 3.63) is 0 Å². The van der Waals surface area contributed by atoms with E-state index in [9.17, 15) is 4.79 Å². The Balaban J connectivity index is 3.71. The van der Waals surface area contributed by atoms with E-state index in [0.29, 0.717) is 0 Å². The van der Waals surface area contributed by atoms with Crippen LogP contribution in [0.3, 0.4) is 0 Å². The number of esters is 1. The van der Waals surface area contributed by atoms with Gasteiger partial charge in [0.1, 0.15) is 11.8 Å². The first-order valence-corrected chi connectivity index (χ1v) is 3.47. The van der Waals surface area contributed by atoms with Gasteiger partial charge in [0.15, 0.2) is 0 Å². The second kappa shape index (κ2) is 3.69. The molecule has 11 heavy (non-hydrogen) atoms. The van der Waals surface area contributed by atoms with Crippen LogP contribution < -0.4 is 5.73 Å². The summed E-state index contributed by atoms with van der Waals surface area (Å²) in [6.07, 6.45) is -1.28. The molecule has 0 rings (SSSR count). The Morgan fingerprint density at radius 2 is 2.09 bits per heavy atom. The standard InChI is InChI=1S/C7H15NO3/c1-7(2,3)11-6(10)4-5(8)9/h5,9H,4,8H2,1-3H3. The SMILES string of the molecule is CC(C)(C)OC(=O)CC(N)O. The maximum Gasteiger partial charge on any atom is 0.310 e. The lowest BCUT2D eigenvalue weighted by atomic mass is 10.2. The van der Waals surface area contributed by atoms with E-state index >= 15 is 0 Å². The van der Waals surface area contributed by atoms with Crippen LogP contribution in [0.5, 0.6) is 0 Å². The van der Waals surface area contributed by atoms with Gasteiger partial charge in [-0.15, -0.1) is 0 Å². The normalized spacial score (nSPS) is 14.3. The average molecular weight is 161 g/mol. The molecule has 0 spiro atoms. The van der Waals surface area contributed by atoms with E-state index in [1.54, 1.807) is 20.8 Å². The molecule has 0 saturated heterocycles. The van der Waals surface area contributed by atoms with Crippen LogP contribution in [0.1, 0.15) is 27.2 Å². The molecule has 66 valence electrons. The van der Waals surface area contributed by atoms with Crippen LogP contribution in [0, 0.1) is 0 Å². The van der Waals surface area contributed by atoms with Gasteiger partial charge in [-0.3, -0.25) is 4.79 Å². The molecular formula is C7H15NO3. The Morgan fingerprint density at radius 1 is 1.64 bits per heavy atom. The van der Waals surface area contributed by atoms with Gasteiger partial charge in [-0.05, 0) is 20.8 Å². The van der Waals surface area contributed by atoms with Crippen LogP contribution in [-0.4, -0.2) is 22.9 Å². The molecule has 0 saturated carbocycles. The Labute approximate surface area is 66.3 Å². The summed E-state index contributed by atoms with van der Waals surface area (Å²) in [5.74, 6) is -0.479. The molecule has 0 bridgehead atoms. The fraction of sp³-hybridized carbons (Fsp3) is 0.857. The Kier molecular flexibility index (Phi) is 3.48. The fourth-order valence-corrected chi connectivity index (χ4v) is 0.554. The Hall–Kier alpha value is -0.610. The quantitative estimate of drug-likeness (QED) is 0.441. The summed E-state index contributed by atoms with van der Waals surface area (Å²) in [5.41, 5.74) is 4.46. The van der Waals surface area contributed by atoms with Crippen molar-refractivity contribution >= 4 is 5.97 Å². The molecule has 0 aromatic rings. The molecule has 1 atom stereocenters. The Bertz CT molecular complexity index is 137. The van der Waals surface area contributed by atoms with Crippen LogP contribution >= 0.6 is 0 Å². The minimum Gasteiger partial charge on any atom is -0.460 e. The molecule has 0 aromatic carbocycles. The van der Waals surface area contributed by atoms with Gasteiger partial charge in [0.25, 0.3) is 0 Å². The van der Waals surface area contributed by atoms with Crippen LogP contribution in [0.4, 0.5) is 0 Å². The van der Waals surface area contributed by atoms with Crippen molar-refractivity contribution in [2.24, 2.45) is 5.73 Å². The van der Waals surface area contributed by atoms with Crippen molar-refractivity contribution < 1.29 is 14.6 Å². The van der Waals surface area contributed by atoms with E-state index in [-0.39, 0.29) is 6.42 Å². The molecule has 4 heteroatoms. The molecule has 0 aromatic heterocycles. The molecule has 0 fully saturated rings. The number of carbonyl (C=O) groups excluding carboxylic acids is 1. The average Bonchev–Trinajstić information content (AvgIpc) is 1.53. The Morgan fingerprint density at radius 3 is 2.36 bits per heavy atom. The van der Waals surface area contributed by atoms with Crippen LogP contribution in [0.15, 0.2) is 0 Å². The summed E-state index contributed by atoms with van der Waals surface area (Å²) in [5, 5.41) is 8.60. The molecule has 4 nitrogen and oxygen atoms in total. The maximum absolute atomic E-state index is 10.8. The summed E-state index contributed by atoms with van der Waals surface area (Å²) < 4.78 is 4.87. The van der Waals surface area contributed by atoms with Gasteiger partial charge < -0.3 is 15.6 Å². The third-order valence-corrected chi connectivity index (χ3v) is 0.796. The smallest absolute Gasteiger partial charge is 0.310 e. The summed E-state index contributed by atoms with van der Waals surface area (Å²) in [6, 6.07) is 0. The van der Waals surface area contributed by atoms with Crippen molar-refractivity contribution in [1.82, 2.24) is 0 Å². The predicted molar refractivity (Wildman–Crippen MR) is 40.7 cm³/mol. The van der Waals surface area contributed by atoms with E-state index in [2.05, 4.69) is 0 Å². The molecule has 0 aliphatic carbocycles. The molecule has 0 radical (unpaired) electrons. The first kappa shape index (κ1) is 10.4. The lowest BCUT2D eigenvalue weighted by molar-refractivity contribution is -0.156. The predicted octanol–water partition coefficient (Wildman–Crippen LogP) is -0.00470. The van der Waals surface area contributed by atoms with Gasteiger partial charge in [0.05, 0.1) is 6.42 Å². The number of hydrogen-bond donors (Lipinski definition) is 2. The van der Waals surface area contributed by atoms with E-state index < -0.39 is 17.8 Å². The van der Waals surface area contributed by atoms with Gasteiger partial charge in [-0.1, -0.05) is 0 Å². The second-order valence-corrected chi connectivity index (χ2v) is 3.36. The zero-order valence-electron chi connectivity index (χ0n) is 7.13. The topological polar surface area (TPSA) is 72.5 Å². The van der Waals surface area contributed by atoms with Gasteiger partial charge in [-0.2, -0.15) is 0 Å². The number of nitrogens with two attached hydrogens (primary N) is 1. The number of aliphatic hydroxyl groups excluding tert-OH is 1.